The van der Waals surface area contributed by atoms with E-state index in [0.717, 1.165) is 28.0 Å². The van der Waals surface area contributed by atoms with Crippen molar-refractivity contribution in [3.8, 4) is 11.5 Å². The maximum absolute atomic E-state index is 5.30. The molecule has 0 radical (unpaired) electrons. The van der Waals surface area contributed by atoms with Gasteiger partial charge < -0.3 is 14.8 Å². The van der Waals surface area contributed by atoms with E-state index < -0.39 is 0 Å². The monoisotopic (exact) mass is 294 g/mol. The molecule has 1 atom stereocenters. The van der Waals surface area contributed by atoms with Crippen LogP contribution in [0.2, 0.25) is 0 Å². The standard InChI is InChI=1S/C15H22N2O2S/c1-10(2)12-9-20-15(17-12)16-8-11-5-6-13(18-3)14(7-11)19-4/h5-7,10,12H,8-9H2,1-4H3,(H,16,17). The number of thioether (sulfide) groups is 1. The highest BCUT2D eigenvalue weighted by atomic mass is 32.2. The van der Waals surface area contributed by atoms with Crippen LogP contribution in [0.4, 0.5) is 0 Å². The highest BCUT2D eigenvalue weighted by Crippen LogP contribution is 2.28. The van der Waals surface area contributed by atoms with Gasteiger partial charge in [0.15, 0.2) is 16.7 Å². The molecule has 4 nitrogen and oxygen atoms in total. The maximum atomic E-state index is 5.30. The number of aliphatic imine (C=N–C) groups is 1. The van der Waals surface area contributed by atoms with Gasteiger partial charge >= 0.3 is 0 Å². The van der Waals surface area contributed by atoms with Crippen molar-refractivity contribution in [3.63, 3.8) is 0 Å². The van der Waals surface area contributed by atoms with E-state index in [1.807, 2.05) is 18.2 Å². The molecule has 110 valence electrons. The van der Waals surface area contributed by atoms with Crippen molar-refractivity contribution in [2.45, 2.75) is 26.4 Å². The zero-order valence-corrected chi connectivity index (χ0v) is 13.3. The Morgan fingerprint density at radius 1 is 1.30 bits per heavy atom. The third-order valence-electron chi connectivity index (χ3n) is 3.37. The number of hydrogen-bond donors (Lipinski definition) is 1. The molecule has 1 aliphatic rings. The van der Waals surface area contributed by atoms with E-state index in [1.54, 1.807) is 26.0 Å². The van der Waals surface area contributed by atoms with Crippen LogP contribution < -0.4 is 14.8 Å². The molecule has 1 fully saturated rings. The molecule has 0 aromatic heterocycles. The van der Waals surface area contributed by atoms with Gasteiger partial charge in [0.25, 0.3) is 0 Å². The smallest absolute Gasteiger partial charge is 0.161 e. The van der Waals surface area contributed by atoms with Crippen LogP contribution >= 0.6 is 11.8 Å². The number of ether oxygens (including phenoxy) is 2. The quantitative estimate of drug-likeness (QED) is 0.907. The summed E-state index contributed by atoms with van der Waals surface area (Å²) in [7, 11) is 3.29. The van der Waals surface area contributed by atoms with E-state index in [-0.39, 0.29) is 0 Å². The van der Waals surface area contributed by atoms with Crippen molar-refractivity contribution >= 4 is 16.9 Å². The minimum atomic E-state index is 0.532. The number of nitrogens with zero attached hydrogens (tertiary/aromatic N) is 1. The Hall–Kier alpha value is -1.36. The normalized spacial score (nSPS) is 20.2. The van der Waals surface area contributed by atoms with E-state index in [9.17, 15) is 0 Å². The molecular formula is C15H22N2O2S. The first kappa shape index (κ1) is 15.0. The summed E-state index contributed by atoms with van der Waals surface area (Å²) in [6.45, 7) is 5.12. The van der Waals surface area contributed by atoms with Crippen LogP contribution in [0, 0.1) is 5.92 Å². The number of benzene rings is 1. The molecule has 0 bridgehead atoms. The second-order valence-corrected chi connectivity index (χ2v) is 6.13. The van der Waals surface area contributed by atoms with E-state index in [2.05, 4.69) is 24.2 Å². The Bertz CT molecular complexity index is 489. The molecule has 1 unspecified atom stereocenters. The second kappa shape index (κ2) is 6.88. The molecule has 1 aromatic carbocycles. The zero-order chi connectivity index (χ0) is 14.5. The third-order valence-corrected chi connectivity index (χ3v) is 4.41. The minimum absolute atomic E-state index is 0.532. The largest absolute Gasteiger partial charge is 0.493 e. The van der Waals surface area contributed by atoms with Crippen LogP contribution in [-0.2, 0) is 6.54 Å². The van der Waals surface area contributed by atoms with Crippen molar-refractivity contribution in [1.82, 2.24) is 5.32 Å². The lowest BCUT2D eigenvalue weighted by Crippen LogP contribution is -2.31. The van der Waals surface area contributed by atoms with Gasteiger partial charge in [-0.25, -0.2) is 0 Å². The number of amidine groups is 1. The summed E-state index contributed by atoms with van der Waals surface area (Å²) in [4.78, 5) is 4.63. The molecule has 2 rings (SSSR count). The first-order chi connectivity index (χ1) is 9.63. The van der Waals surface area contributed by atoms with Gasteiger partial charge in [0, 0.05) is 11.8 Å². The van der Waals surface area contributed by atoms with Crippen molar-refractivity contribution in [1.29, 1.82) is 0 Å². The van der Waals surface area contributed by atoms with Gasteiger partial charge in [0.05, 0.1) is 20.8 Å². The van der Waals surface area contributed by atoms with Crippen LogP contribution in [0.25, 0.3) is 0 Å². The average molecular weight is 294 g/mol. The second-order valence-electron chi connectivity index (χ2n) is 5.12. The molecule has 1 heterocycles. The van der Waals surface area contributed by atoms with Crippen molar-refractivity contribution in [3.05, 3.63) is 23.8 Å². The number of nitrogens with one attached hydrogen (secondary N) is 1. The first-order valence-corrected chi connectivity index (χ1v) is 7.77. The molecule has 20 heavy (non-hydrogen) atoms. The fourth-order valence-electron chi connectivity index (χ4n) is 2.00. The predicted molar refractivity (Wildman–Crippen MR) is 84.9 cm³/mol. The van der Waals surface area contributed by atoms with Crippen molar-refractivity contribution < 1.29 is 9.47 Å². The van der Waals surface area contributed by atoms with Crippen LogP contribution in [0.15, 0.2) is 23.2 Å². The van der Waals surface area contributed by atoms with Crippen LogP contribution in [-0.4, -0.2) is 31.2 Å². The molecule has 0 aliphatic carbocycles. The molecule has 0 saturated carbocycles. The van der Waals surface area contributed by atoms with Crippen molar-refractivity contribution in [2.75, 3.05) is 20.0 Å². The summed E-state index contributed by atoms with van der Waals surface area (Å²) in [6, 6.07) is 6.44. The molecule has 1 aromatic rings. The van der Waals surface area contributed by atoms with Crippen LogP contribution in [0.3, 0.4) is 0 Å². The number of rotatable bonds is 5. The summed E-state index contributed by atoms with van der Waals surface area (Å²) in [5.41, 5.74) is 1.12. The van der Waals surface area contributed by atoms with Crippen LogP contribution in [0.5, 0.6) is 11.5 Å². The maximum Gasteiger partial charge on any atom is 0.161 e. The topological polar surface area (TPSA) is 42.8 Å². The van der Waals surface area contributed by atoms with E-state index in [0.29, 0.717) is 18.5 Å². The van der Waals surface area contributed by atoms with E-state index in [1.165, 1.54) is 0 Å². The predicted octanol–water partition coefficient (Wildman–Crippen LogP) is 2.92. The number of hydrogen-bond acceptors (Lipinski definition) is 4. The lowest BCUT2D eigenvalue weighted by molar-refractivity contribution is 0.354. The summed E-state index contributed by atoms with van der Waals surface area (Å²) in [5, 5.41) is 4.51. The van der Waals surface area contributed by atoms with E-state index >= 15 is 0 Å². The minimum Gasteiger partial charge on any atom is -0.493 e. The van der Waals surface area contributed by atoms with Crippen molar-refractivity contribution in [2.24, 2.45) is 10.9 Å². The van der Waals surface area contributed by atoms with Crippen LogP contribution in [0.1, 0.15) is 19.4 Å². The van der Waals surface area contributed by atoms with Gasteiger partial charge in [-0.1, -0.05) is 31.7 Å². The molecule has 0 spiro atoms. The lowest BCUT2D eigenvalue weighted by Gasteiger charge is -2.13. The molecule has 5 heteroatoms. The lowest BCUT2D eigenvalue weighted by atomic mass is 10.1. The number of methoxy groups -OCH3 is 2. The van der Waals surface area contributed by atoms with Gasteiger partial charge in [-0.3, -0.25) is 4.99 Å². The Balaban J connectivity index is 2.01. The summed E-state index contributed by atoms with van der Waals surface area (Å²) in [6.07, 6.45) is 0. The van der Waals surface area contributed by atoms with Gasteiger partial charge in [-0.05, 0) is 23.6 Å². The molecule has 1 saturated heterocycles. The fraction of sp³-hybridized carbons (Fsp3) is 0.533. The highest BCUT2D eigenvalue weighted by molar-refractivity contribution is 8.14. The molecule has 1 aliphatic heterocycles. The van der Waals surface area contributed by atoms with Gasteiger partial charge in [-0.2, -0.15) is 0 Å². The highest BCUT2D eigenvalue weighted by Gasteiger charge is 2.22. The molecule has 0 amide bonds. The van der Waals surface area contributed by atoms with Gasteiger partial charge in [0.1, 0.15) is 0 Å². The summed E-state index contributed by atoms with van der Waals surface area (Å²) < 4.78 is 10.5. The first-order valence-electron chi connectivity index (χ1n) is 6.78. The van der Waals surface area contributed by atoms with Gasteiger partial charge in [-0.15, -0.1) is 0 Å². The Morgan fingerprint density at radius 3 is 2.65 bits per heavy atom. The summed E-state index contributed by atoms with van der Waals surface area (Å²) >= 11 is 1.80. The van der Waals surface area contributed by atoms with E-state index in [4.69, 9.17) is 9.47 Å². The Kier molecular flexibility index (Phi) is 5.17. The third kappa shape index (κ3) is 3.60. The zero-order valence-electron chi connectivity index (χ0n) is 12.5. The molecule has 1 N–H and O–H groups in total. The fourth-order valence-corrected chi connectivity index (χ4v) is 3.20. The summed E-state index contributed by atoms with van der Waals surface area (Å²) in [5.74, 6) is 3.23. The SMILES string of the molecule is COc1ccc(CN=C2NC(C(C)C)CS2)cc1OC. The molecular weight excluding hydrogens is 272 g/mol. The average Bonchev–Trinajstić information content (AvgIpc) is 2.94. The Morgan fingerprint density at radius 2 is 2.05 bits per heavy atom. The Labute approximate surface area is 125 Å². The van der Waals surface area contributed by atoms with Gasteiger partial charge in [0.2, 0.25) is 0 Å².